The fourth-order valence-corrected chi connectivity index (χ4v) is 1.93. The Bertz CT molecular complexity index is 335. The molecule has 0 aromatic carbocycles. The quantitative estimate of drug-likeness (QED) is 0.732. The highest BCUT2D eigenvalue weighted by Crippen LogP contribution is 2.31. The van der Waals surface area contributed by atoms with Crippen molar-refractivity contribution in [2.24, 2.45) is 0 Å². The zero-order valence-corrected chi connectivity index (χ0v) is 10.3. The normalized spacial score (nSPS) is 20.7. The largest absolute Gasteiger partial charge is 0.396 e. The molecule has 16 heavy (non-hydrogen) atoms. The molecule has 1 unspecified atom stereocenters. The lowest BCUT2D eigenvalue weighted by atomic mass is 9.92. The Morgan fingerprint density at radius 2 is 1.62 bits per heavy atom. The summed E-state index contributed by atoms with van der Waals surface area (Å²) in [5, 5.41) is 9.03. The predicted molar refractivity (Wildman–Crippen MR) is 60.6 cm³/mol. The smallest absolute Gasteiger partial charge is 0.257 e. The first-order valence-corrected chi connectivity index (χ1v) is 5.56. The Kier molecular flexibility index (Phi) is 3.53. The molecule has 0 aromatic heterocycles. The Balaban J connectivity index is 3.08. The Hall–Kier alpha value is -1.16. The fourth-order valence-electron chi connectivity index (χ4n) is 1.93. The minimum Gasteiger partial charge on any atom is -0.396 e. The van der Waals surface area contributed by atoms with Crippen molar-refractivity contribution in [3.05, 3.63) is 11.1 Å². The number of nitrogens with zero attached hydrogens (tertiary/aromatic N) is 1. The van der Waals surface area contributed by atoms with Crippen LogP contribution in [0.3, 0.4) is 0 Å². The first-order chi connectivity index (χ1) is 7.39. The number of carbonyl (C=O) groups is 2. The summed E-state index contributed by atoms with van der Waals surface area (Å²) >= 11 is 0. The number of aliphatic hydroxyl groups is 1. The molecule has 90 valence electrons. The van der Waals surface area contributed by atoms with Crippen molar-refractivity contribution in [1.29, 1.82) is 0 Å². The van der Waals surface area contributed by atoms with Crippen molar-refractivity contribution in [2.45, 2.75) is 46.1 Å². The lowest BCUT2D eigenvalue weighted by Gasteiger charge is -2.36. The molecule has 1 N–H and O–H groups in total. The molecule has 0 saturated carbocycles. The van der Waals surface area contributed by atoms with Crippen molar-refractivity contribution in [2.75, 3.05) is 6.61 Å². The third-order valence-corrected chi connectivity index (χ3v) is 3.56. The number of carbonyl (C=O) groups excluding carboxylic acids is 2. The van der Waals surface area contributed by atoms with Gasteiger partial charge < -0.3 is 5.11 Å². The topological polar surface area (TPSA) is 57.6 Å². The molecule has 1 aliphatic rings. The molecule has 2 amide bonds. The number of hydrogen-bond donors (Lipinski definition) is 1. The van der Waals surface area contributed by atoms with Gasteiger partial charge in [-0.25, -0.2) is 0 Å². The number of hydrogen-bond acceptors (Lipinski definition) is 3. The summed E-state index contributed by atoms with van der Waals surface area (Å²) in [6, 6.07) is 0. The van der Waals surface area contributed by atoms with Crippen LogP contribution in [0.4, 0.5) is 0 Å². The minimum absolute atomic E-state index is 0.0283. The zero-order valence-electron chi connectivity index (χ0n) is 10.3. The lowest BCUT2D eigenvalue weighted by molar-refractivity contribution is -0.145. The molecule has 0 saturated heterocycles. The molecule has 0 radical (unpaired) electrons. The van der Waals surface area contributed by atoms with Gasteiger partial charge in [-0.3, -0.25) is 14.5 Å². The molecule has 0 aliphatic carbocycles. The van der Waals surface area contributed by atoms with E-state index in [1.165, 1.54) is 4.90 Å². The maximum atomic E-state index is 12.0. The van der Waals surface area contributed by atoms with Gasteiger partial charge in [-0.2, -0.15) is 0 Å². The maximum Gasteiger partial charge on any atom is 0.257 e. The molecule has 1 atom stereocenters. The fraction of sp³-hybridized carbons (Fsp3) is 0.667. The Labute approximate surface area is 95.9 Å². The Morgan fingerprint density at radius 1 is 1.19 bits per heavy atom. The van der Waals surface area contributed by atoms with E-state index < -0.39 is 5.54 Å². The van der Waals surface area contributed by atoms with Crippen LogP contribution in [0.1, 0.15) is 40.5 Å². The first-order valence-electron chi connectivity index (χ1n) is 5.56. The van der Waals surface area contributed by atoms with Gasteiger partial charge in [0.15, 0.2) is 0 Å². The number of amides is 2. The highest BCUT2D eigenvalue weighted by Gasteiger charge is 2.43. The lowest BCUT2D eigenvalue weighted by Crippen LogP contribution is -2.50. The van der Waals surface area contributed by atoms with Gasteiger partial charge in [-0.1, -0.05) is 6.92 Å². The summed E-state index contributed by atoms with van der Waals surface area (Å²) in [5.74, 6) is -0.444. The van der Waals surface area contributed by atoms with Gasteiger partial charge in [0.05, 0.1) is 5.54 Å². The van der Waals surface area contributed by atoms with E-state index in [0.717, 1.165) is 0 Å². The van der Waals surface area contributed by atoms with Gasteiger partial charge in [0.1, 0.15) is 0 Å². The van der Waals surface area contributed by atoms with Crippen LogP contribution in [-0.4, -0.2) is 34.0 Å². The Morgan fingerprint density at radius 3 is 1.94 bits per heavy atom. The first kappa shape index (κ1) is 12.9. The summed E-state index contributed by atoms with van der Waals surface area (Å²) in [6.45, 7) is 7.07. The van der Waals surface area contributed by atoms with Crippen LogP contribution >= 0.6 is 0 Å². The summed E-state index contributed by atoms with van der Waals surface area (Å²) < 4.78 is 0. The van der Waals surface area contributed by atoms with Gasteiger partial charge in [0.2, 0.25) is 0 Å². The molecule has 0 bridgehead atoms. The molecule has 4 heteroatoms. The van der Waals surface area contributed by atoms with Crippen LogP contribution in [0, 0.1) is 0 Å². The summed E-state index contributed by atoms with van der Waals surface area (Å²) in [5.41, 5.74) is 0.451. The van der Waals surface area contributed by atoms with Crippen LogP contribution in [-0.2, 0) is 9.59 Å². The molecular weight excluding hydrogens is 206 g/mol. The molecule has 0 aromatic rings. The average molecular weight is 225 g/mol. The third kappa shape index (κ3) is 1.78. The van der Waals surface area contributed by atoms with Crippen molar-refractivity contribution in [3.8, 4) is 0 Å². The van der Waals surface area contributed by atoms with Crippen LogP contribution in [0.5, 0.6) is 0 Å². The van der Waals surface area contributed by atoms with Crippen LogP contribution in [0.2, 0.25) is 0 Å². The molecule has 0 fully saturated rings. The standard InChI is InChI=1S/C12H19NO3/c1-5-12(4,6-7-14)13-10(15)8(2)9(3)11(13)16/h14H,5-7H2,1-4H3. The minimum atomic E-state index is -0.581. The predicted octanol–water partition coefficient (Wildman–Crippen LogP) is 1.24. The van der Waals surface area contributed by atoms with E-state index in [4.69, 9.17) is 5.11 Å². The van der Waals surface area contributed by atoms with E-state index in [1.54, 1.807) is 13.8 Å². The average Bonchev–Trinajstić information content (AvgIpc) is 2.44. The number of rotatable bonds is 4. The van der Waals surface area contributed by atoms with Crippen molar-refractivity contribution in [3.63, 3.8) is 0 Å². The van der Waals surface area contributed by atoms with Gasteiger partial charge in [-0.05, 0) is 33.6 Å². The third-order valence-electron chi connectivity index (χ3n) is 3.56. The maximum absolute atomic E-state index is 12.0. The summed E-state index contributed by atoms with van der Waals surface area (Å²) in [6.07, 6.45) is 1.06. The van der Waals surface area contributed by atoms with Crippen LogP contribution in [0.25, 0.3) is 0 Å². The second-order valence-electron chi connectivity index (χ2n) is 4.52. The van der Waals surface area contributed by atoms with E-state index in [-0.39, 0.29) is 18.4 Å². The second kappa shape index (κ2) is 4.37. The van der Waals surface area contributed by atoms with Gasteiger partial charge in [0, 0.05) is 17.8 Å². The zero-order chi connectivity index (χ0) is 12.5. The van der Waals surface area contributed by atoms with Crippen LogP contribution in [0.15, 0.2) is 11.1 Å². The monoisotopic (exact) mass is 225 g/mol. The van der Waals surface area contributed by atoms with E-state index in [2.05, 4.69) is 0 Å². The molecule has 1 heterocycles. The highest BCUT2D eigenvalue weighted by atomic mass is 16.3. The van der Waals surface area contributed by atoms with E-state index >= 15 is 0 Å². The van der Waals surface area contributed by atoms with Gasteiger partial charge >= 0.3 is 0 Å². The van der Waals surface area contributed by atoms with Crippen molar-refractivity contribution in [1.82, 2.24) is 4.90 Å². The van der Waals surface area contributed by atoms with Crippen molar-refractivity contribution < 1.29 is 14.7 Å². The number of aliphatic hydroxyl groups excluding tert-OH is 1. The summed E-state index contributed by atoms with van der Waals surface area (Å²) in [4.78, 5) is 25.2. The molecule has 1 rings (SSSR count). The summed E-state index contributed by atoms with van der Waals surface area (Å²) in [7, 11) is 0. The van der Waals surface area contributed by atoms with Crippen molar-refractivity contribution >= 4 is 11.8 Å². The van der Waals surface area contributed by atoms with E-state index in [0.29, 0.717) is 24.0 Å². The highest BCUT2D eigenvalue weighted by molar-refractivity contribution is 6.19. The van der Waals surface area contributed by atoms with Crippen LogP contribution < -0.4 is 0 Å². The SMILES string of the molecule is CCC(C)(CCO)N1C(=O)C(C)=C(C)C1=O. The van der Waals surface area contributed by atoms with Gasteiger partial charge in [-0.15, -0.1) is 0 Å². The van der Waals surface area contributed by atoms with E-state index in [9.17, 15) is 9.59 Å². The number of imide groups is 1. The second-order valence-corrected chi connectivity index (χ2v) is 4.52. The molecular formula is C12H19NO3. The molecule has 1 aliphatic heterocycles. The molecule has 0 spiro atoms. The van der Waals surface area contributed by atoms with E-state index in [1.807, 2.05) is 13.8 Å². The molecule has 4 nitrogen and oxygen atoms in total. The van der Waals surface area contributed by atoms with Gasteiger partial charge in [0.25, 0.3) is 11.8 Å².